The van der Waals surface area contributed by atoms with Crippen molar-refractivity contribution in [3.05, 3.63) is 57.8 Å². The van der Waals surface area contributed by atoms with Gasteiger partial charge in [0, 0.05) is 37.6 Å². The largest absolute Gasteiger partial charge is 0.357 e. The molecule has 168 valence electrons. The zero-order valence-electron chi connectivity index (χ0n) is 18.9. The maximum atomic E-state index is 12.2. The number of aliphatic imine (C=N–C) groups is 1. The van der Waals surface area contributed by atoms with Crippen LogP contribution in [0.5, 0.6) is 0 Å². The number of thiophene rings is 1. The summed E-state index contributed by atoms with van der Waals surface area (Å²) >= 11 is 1.82. The summed E-state index contributed by atoms with van der Waals surface area (Å²) in [7, 11) is 3.56. The van der Waals surface area contributed by atoms with Crippen molar-refractivity contribution in [2.45, 2.75) is 32.2 Å². The molecule has 0 saturated carbocycles. The number of carbonyl (C=O) groups is 1. The molecule has 1 aliphatic heterocycles. The van der Waals surface area contributed by atoms with Crippen LogP contribution in [0.2, 0.25) is 0 Å². The zero-order chi connectivity index (χ0) is 22.1. The maximum Gasteiger partial charge on any atom is 0.253 e. The van der Waals surface area contributed by atoms with Crippen LogP contribution in [0.1, 0.15) is 46.6 Å². The van der Waals surface area contributed by atoms with Crippen molar-refractivity contribution >= 4 is 23.2 Å². The molecule has 1 aliphatic rings. The van der Waals surface area contributed by atoms with Crippen LogP contribution in [-0.2, 0) is 6.42 Å². The van der Waals surface area contributed by atoms with E-state index < -0.39 is 0 Å². The monoisotopic (exact) mass is 441 g/mol. The Morgan fingerprint density at radius 1 is 1.19 bits per heavy atom. The Kier molecular flexibility index (Phi) is 8.91. The van der Waals surface area contributed by atoms with Crippen LogP contribution < -0.4 is 10.6 Å². The van der Waals surface area contributed by atoms with Gasteiger partial charge in [-0.2, -0.15) is 0 Å². The van der Waals surface area contributed by atoms with E-state index in [2.05, 4.69) is 46.0 Å². The number of amides is 1. The molecule has 31 heavy (non-hydrogen) atoms. The Morgan fingerprint density at radius 2 is 2.00 bits per heavy atom. The fourth-order valence-electron chi connectivity index (χ4n) is 3.88. The Morgan fingerprint density at radius 3 is 2.68 bits per heavy atom. The molecule has 2 N–H and O–H groups in total. The fraction of sp³-hybridized carbons (Fsp3) is 0.500. The second-order valence-corrected chi connectivity index (χ2v) is 9.05. The van der Waals surface area contributed by atoms with Crippen molar-refractivity contribution in [1.29, 1.82) is 0 Å². The third-order valence-corrected chi connectivity index (χ3v) is 6.48. The summed E-state index contributed by atoms with van der Waals surface area (Å²) in [4.78, 5) is 22.7. The smallest absolute Gasteiger partial charge is 0.253 e. The van der Waals surface area contributed by atoms with Gasteiger partial charge in [0.1, 0.15) is 0 Å². The first-order valence-corrected chi connectivity index (χ1v) is 12.1. The van der Waals surface area contributed by atoms with Gasteiger partial charge in [0.05, 0.1) is 12.6 Å². The molecule has 0 spiro atoms. The molecule has 0 bridgehead atoms. The molecule has 1 saturated heterocycles. The lowest BCUT2D eigenvalue weighted by Crippen LogP contribution is -2.39. The van der Waals surface area contributed by atoms with Gasteiger partial charge in [0.25, 0.3) is 5.91 Å². The Hall–Kier alpha value is -2.38. The highest BCUT2D eigenvalue weighted by Gasteiger charge is 2.24. The first-order chi connectivity index (χ1) is 15.1. The van der Waals surface area contributed by atoms with Gasteiger partial charge in [-0.25, -0.2) is 0 Å². The van der Waals surface area contributed by atoms with E-state index in [4.69, 9.17) is 4.99 Å². The number of hydrogen-bond acceptors (Lipinski definition) is 4. The summed E-state index contributed by atoms with van der Waals surface area (Å²) in [5, 5.41) is 8.98. The summed E-state index contributed by atoms with van der Waals surface area (Å²) in [6, 6.07) is 12.6. The normalized spacial score (nSPS) is 15.6. The lowest BCUT2D eigenvalue weighted by atomic mass is 10.1. The average molecular weight is 442 g/mol. The van der Waals surface area contributed by atoms with Gasteiger partial charge in [-0.05, 0) is 68.4 Å². The van der Waals surface area contributed by atoms with E-state index in [-0.39, 0.29) is 5.91 Å². The molecule has 0 aliphatic carbocycles. The van der Waals surface area contributed by atoms with Gasteiger partial charge in [-0.15, -0.1) is 11.3 Å². The van der Waals surface area contributed by atoms with E-state index in [0.717, 1.165) is 56.2 Å². The van der Waals surface area contributed by atoms with E-state index in [9.17, 15) is 4.79 Å². The number of guanidine groups is 1. The van der Waals surface area contributed by atoms with Gasteiger partial charge in [0.15, 0.2) is 5.96 Å². The van der Waals surface area contributed by atoms with Crippen LogP contribution in [0, 0.1) is 0 Å². The minimum absolute atomic E-state index is 0.0336. The van der Waals surface area contributed by atoms with E-state index in [0.29, 0.717) is 6.04 Å². The second-order valence-electron chi connectivity index (χ2n) is 8.07. The quantitative estimate of drug-likeness (QED) is 0.463. The van der Waals surface area contributed by atoms with Gasteiger partial charge in [-0.1, -0.05) is 18.2 Å². The molecular weight excluding hydrogens is 406 g/mol. The van der Waals surface area contributed by atoms with Crippen LogP contribution in [0.3, 0.4) is 0 Å². The Labute approximate surface area is 190 Å². The van der Waals surface area contributed by atoms with Crippen LogP contribution in [0.4, 0.5) is 0 Å². The minimum Gasteiger partial charge on any atom is -0.357 e. The summed E-state index contributed by atoms with van der Waals surface area (Å²) in [5.41, 5.74) is 1.87. The maximum absolute atomic E-state index is 12.2. The highest BCUT2D eigenvalue weighted by atomic mass is 32.1. The topological polar surface area (TPSA) is 60.0 Å². The Bertz CT molecular complexity index is 843. The molecule has 1 aromatic heterocycles. The molecule has 1 unspecified atom stereocenters. The average Bonchev–Trinajstić information content (AvgIpc) is 3.48. The molecule has 2 heterocycles. The molecule has 6 nitrogen and oxygen atoms in total. The van der Waals surface area contributed by atoms with E-state index >= 15 is 0 Å². The van der Waals surface area contributed by atoms with E-state index in [1.807, 2.05) is 29.5 Å². The minimum atomic E-state index is 0.0336. The predicted molar refractivity (Wildman–Crippen MR) is 130 cm³/mol. The van der Waals surface area contributed by atoms with Gasteiger partial charge >= 0.3 is 0 Å². The molecule has 1 atom stereocenters. The second kappa shape index (κ2) is 11.9. The molecule has 2 aromatic rings. The molecule has 3 rings (SSSR count). The third-order valence-electron chi connectivity index (χ3n) is 5.51. The van der Waals surface area contributed by atoms with Gasteiger partial charge < -0.3 is 15.5 Å². The third kappa shape index (κ3) is 6.80. The van der Waals surface area contributed by atoms with Crippen LogP contribution in [-0.4, -0.2) is 68.5 Å². The molecule has 1 fully saturated rings. The predicted octanol–water partition coefficient (Wildman–Crippen LogP) is 3.38. The van der Waals surface area contributed by atoms with Crippen molar-refractivity contribution < 1.29 is 4.79 Å². The molecule has 1 aromatic carbocycles. The van der Waals surface area contributed by atoms with Crippen LogP contribution in [0.15, 0.2) is 46.8 Å². The number of nitrogens with one attached hydrogen (secondary N) is 2. The Balaban J connectivity index is 1.59. The van der Waals surface area contributed by atoms with Gasteiger partial charge in [0.2, 0.25) is 0 Å². The van der Waals surface area contributed by atoms with E-state index in [1.54, 1.807) is 19.0 Å². The number of rotatable bonds is 9. The lowest BCUT2D eigenvalue weighted by Gasteiger charge is -2.25. The van der Waals surface area contributed by atoms with Crippen LogP contribution >= 0.6 is 11.3 Å². The number of nitrogens with zero attached hydrogens (tertiary/aromatic N) is 3. The van der Waals surface area contributed by atoms with Crippen molar-refractivity contribution in [2.24, 2.45) is 4.99 Å². The number of benzene rings is 1. The number of carbonyl (C=O) groups excluding carboxylic acids is 1. The van der Waals surface area contributed by atoms with Crippen molar-refractivity contribution in [3.8, 4) is 0 Å². The molecule has 7 heteroatoms. The summed E-state index contributed by atoms with van der Waals surface area (Å²) < 4.78 is 0. The first kappa shape index (κ1) is 23.3. The van der Waals surface area contributed by atoms with Crippen molar-refractivity contribution in [1.82, 2.24) is 20.4 Å². The molecule has 1 amide bonds. The van der Waals surface area contributed by atoms with Crippen molar-refractivity contribution in [3.63, 3.8) is 0 Å². The zero-order valence-corrected chi connectivity index (χ0v) is 19.8. The lowest BCUT2D eigenvalue weighted by molar-refractivity contribution is 0.0827. The van der Waals surface area contributed by atoms with E-state index in [1.165, 1.54) is 17.7 Å². The SMILES string of the molecule is CCNC(=NCC(c1cccs1)N1CCCC1)NCCc1cccc(C(=O)N(C)C)c1. The van der Waals surface area contributed by atoms with Crippen LogP contribution in [0.25, 0.3) is 0 Å². The molecule has 0 radical (unpaired) electrons. The van der Waals surface area contributed by atoms with Crippen molar-refractivity contribution in [2.75, 3.05) is 46.8 Å². The summed E-state index contributed by atoms with van der Waals surface area (Å²) in [6.07, 6.45) is 3.39. The highest BCUT2D eigenvalue weighted by Crippen LogP contribution is 2.28. The van der Waals surface area contributed by atoms with Gasteiger partial charge in [-0.3, -0.25) is 14.7 Å². The first-order valence-electron chi connectivity index (χ1n) is 11.2. The molecular formula is C24H35N5OS. The summed E-state index contributed by atoms with van der Waals surface area (Å²) in [6.45, 7) is 6.74. The number of hydrogen-bond donors (Lipinski definition) is 2. The number of likely N-dealkylation sites (tertiary alicyclic amines) is 1. The standard InChI is InChI=1S/C24H35N5OS/c1-4-25-24(26-13-12-19-9-7-10-20(17-19)23(30)28(2)3)27-18-21(22-11-8-16-31-22)29-14-5-6-15-29/h7-11,16-17,21H,4-6,12-15,18H2,1-3H3,(H2,25,26,27). The fourth-order valence-corrected chi connectivity index (χ4v) is 4.73. The summed E-state index contributed by atoms with van der Waals surface area (Å²) in [5.74, 6) is 0.884. The highest BCUT2D eigenvalue weighted by molar-refractivity contribution is 7.10.